The van der Waals surface area contributed by atoms with Crippen molar-refractivity contribution in [2.24, 2.45) is 0 Å². The Morgan fingerprint density at radius 2 is 1.96 bits per heavy atom. The van der Waals surface area contributed by atoms with E-state index in [2.05, 4.69) is 10.2 Å². The number of sulfonamides is 1. The van der Waals surface area contributed by atoms with Gasteiger partial charge < -0.3 is 10.1 Å². The van der Waals surface area contributed by atoms with Gasteiger partial charge in [0, 0.05) is 13.1 Å². The van der Waals surface area contributed by atoms with Crippen LogP contribution in [-0.4, -0.2) is 51.6 Å². The molecule has 8 nitrogen and oxygen atoms in total. The molecule has 0 atom stereocenters. The highest BCUT2D eigenvalue weighted by atomic mass is 35.5. The zero-order valence-electron chi connectivity index (χ0n) is 13.7. The molecule has 1 rings (SSSR count). The topological polar surface area (TPSA) is 102 Å². The lowest BCUT2D eigenvalue weighted by molar-refractivity contribution is -0.124. The van der Waals surface area contributed by atoms with Crippen molar-refractivity contribution in [3.63, 3.8) is 0 Å². The second-order valence-electron chi connectivity index (χ2n) is 5.04. The van der Waals surface area contributed by atoms with E-state index in [1.165, 1.54) is 26.3 Å². The minimum atomic E-state index is -3.94. The SMILES string of the molecule is CON(C)S(=O)(=O)c1ccc(Cl)c(C(=O)OCC(=O)NC(C)C)c1. The molecule has 0 bridgehead atoms. The Balaban J connectivity index is 2.98. The number of benzene rings is 1. The number of ether oxygens (including phenoxy) is 1. The standard InChI is InChI=1S/C14H19ClN2O6S/c1-9(2)16-13(18)8-23-14(19)11-7-10(5-6-12(11)15)24(20,21)17(3)22-4/h5-7,9H,8H2,1-4H3,(H,16,18). The van der Waals surface area contributed by atoms with Crippen LogP contribution in [0.2, 0.25) is 5.02 Å². The molecule has 134 valence electrons. The van der Waals surface area contributed by atoms with Crippen LogP contribution in [0.25, 0.3) is 0 Å². The van der Waals surface area contributed by atoms with E-state index in [0.717, 1.165) is 6.07 Å². The van der Waals surface area contributed by atoms with Crippen LogP contribution in [0.15, 0.2) is 23.1 Å². The van der Waals surface area contributed by atoms with Gasteiger partial charge in [-0.05, 0) is 32.0 Å². The molecule has 0 aliphatic carbocycles. The summed E-state index contributed by atoms with van der Waals surface area (Å²) in [6.45, 7) is 3.02. The van der Waals surface area contributed by atoms with E-state index in [4.69, 9.17) is 16.3 Å². The van der Waals surface area contributed by atoms with Crippen LogP contribution >= 0.6 is 11.6 Å². The number of hydrogen-bond acceptors (Lipinski definition) is 6. The van der Waals surface area contributed by atoms with E-state index < -0.39 is 28.5 Å². The number of carbonyl (C=O) groups excluding carboxylic acids is 2. The van der Waals surface area contributed by atoms with Crippen LogP contribution in [0, 0.1) is 0 Å². The van der Waals surface area contributed by atoms with Gasteiger partial charge in [0.2, 0.25) is 0 Å². The molecule has 0 saturated carbocycles. The summed E-state index contributed by atoms with van der Waals surface area (Å²) in [7, 11) is -1.55. The molecule has 1 aromatic rings. The molecule has 1 aromatic carbocycles. The molecule has 0 unspecified atom stereocenters. The fourth-order valence-electron chi connectivity index (χ4n) is 1.64. The van der Waals surface area contributed by atoms with Gasteiger partial charge in [-0.3, -0.25) is 9.63 Å². The summed E-state index contributed by atoms with van der Waals surface area (Å²) in [6.07, 6.45) is 0. The number of halogens is 1. The average Bonchev–Trinajstić information content (AvgIpc) is 2.51. The highest BCUT2D eigenvalue weighted by molar-refractivity contribution is 7.89. The van der Waals surface area contributed by atoms with Crippen molar-refractivity contribution in [3.05, 3.63) is 28.8 Å². The number of esters is 1. The second kappa shape index (κ2) is 8.43. The van der Waals surface area contributed by atoms with Crippen molar-refractivity contribution < 1.29 is 27.6 Å². The highest BCUT2D eigenvalue weighted by Crippen LogP contribution is 2.23. The normalized spacial score (nSPS) is 11.6. The first-order chi connectivity index (χ1) is 11.1. The first-order valence-electron chi connectivity index (χ1n) is 6.88. The van der Waals surface area contributed by atoms with Crippen molar-refractivity contribution in [2.45, 2.75) is 24.8 Å². The Morgan fingerprint density at radius 3 is 2.50 bits per heavy atom. The lowest BCUT2D eigenvalue weighted by Gasteiger charge is -2.15. The van der Waals surface area contributed by atoms with Crippen LogP contribution in [0.4, 0.5) is 0 Å². The van der Waals surface area contributed by atoms with Gasteiger partial charge in [0.1, 0.15) is 0 Å². The zero-order valence-corrected chi connectivity index (χ0v) is 15.3. The first-order valence-corrected chi connectivity index (χ1v) is 8.70. The van der Waals surface area contributed by atoms with Crippen LogP contribution < -0.4 is 5.32 Å². The predicted octanol–water partition coefficient (Wildman–Crippen LogP) is 1.20. The molecule has 0 radical (unpaired) electrons. The van der Waals surface area contributed by atoms with Gasteiger partial charge in [0.15, 0.2) is 6.61 Å². The summed E-state index contributed by atoms with van der Waals surface area (Å²) in [5.41, 5.74) is -0.167. The Morgan fingerprint density at radius 1 is 1.33 bits per heavy atom. The summed E-state index contributed by atoms with van der Waals surface area (Å²) in [5.74, 6) is -1.38. The van der Waals surface area contributed by atoms with Crippen molar-refractivity contribution >= 4 is 33.5 Å². The maximum Gasteiger partial charge on any atom is 0.340 e. The monoisotopic (exact) mass is 378 g/mol. The molecule has 0 aliphatic heterocycles. The fraction of sp³-hybridized carbons (Fsp3) is 0.429. The second-order valence-corrected chi connectivity index (χ2v) is 7.38. The molecule has 0 aliphatic rings. The number of rotatable bonds is 7. The lowest BCUT2D eigenvalue weighted by atomic mass is 10.2. The maximum absolute atomic E-state index is 12.2. The molecule has 0 saturated heterocycles. The number of hydroxylamine groups is 1. The van der Waals surface area contributed by atoms with Crippen molar-refractivity contribution in [2.75, 3.05) is 20.8 Å². The van der Waals surface area contributed by atoms with Crippen LogP contribution in [-0.2, 0) is 24.4 Å². The van der Waals surface area contributed by atoms with Crippen molar-refractivity contribution in [1.82, 2.24) is 9.79 Å². The summed E-state index contributed by atoms with van der Waals surface area (Å²) >= 11 is 5.91. The van der Waals surface area contributed by atoms with E-state index in [1.807, 2.05) is 0 Å². The summed E-state index contributed by atoms with van der Waals surface area (Å²) < 4.78 is 29.8. The largest absolute Gasteiger partial charge is 0.452 e. The molecule has 1 N–H and O–H groups in total. The quantitative estimate of drug-likeness (QED) is 0.565. The molecule has 0 spiro atoms. The highest BCUT2D eigenvalue weighted by Gasteiger charge is 2.24. The third kappa shape index (κ3) is 5.17. The minimum absolute atomic E-state index is 0.00304. The van der Waals surface area contributed by atoms with Gasteiger partial charge in [-0.1, -0.05) is 16.1 Å². The van der Waals surface area contributed by atoms with Gasteiger partial charge in [0.25, 0.3) is 15.9 Å². The number of amides is 1. The first kappa shape index (κ1) is 20.4. The number of hydrogen-bond donors (Lipinski definition) is 1. The van der Waals surface area contributed by atoms with Gasteiger partial charge >= 0.3 is 5.97 Å². The number of carbonyl (C=O) groups is 2. The van der Waals surface area contributed by atoms with E-state index >= 15 is 0 Å². The van der Waals surface area contributed by atoms with Crippen LogP contribution in [0.5, 0.6) is 0 Å². The summed E-state index contributed by atoms with van der Waals surface area (Å²) in [4.78, 5) is 28.0. The van der Waals surface area contributed by atoms with Gasteiger partial charge in [-0.15, -0.1) is 0 Å². The molecule has 1 amide bonds. The third-order valence-electron chi connectivity index (χ3n) is 2.84. The molecule has 0 fully saturated rings. The van der Waals surface area contributed by atoms with E-state index in [9.17, 15) is 18.0 Å². The molecule has 0 aromatic heterocycles. The fourth-order valence-corrected chi connectivity index (χ4v) is 2.83. The predicted molar refractivity (Wildman–Crippen MR) is 87.0 cm³/mol. The maximum atomic E-state index is 12.2. The van der Waals surface area contributed by atoms with Crippen molar-refractivity contribution in [3.8, 4) is 0 Å². The summed E-state index contributed by atoms with van der Waals surface area (Å²) in [6, 6.07) is 3.45. The minimum Gasteiger partial charge on any atom is -0.452 e. The molecule has 10 heteroatoms. The third-order valence-corrected chi connectivity index (χ3v) is 4.84. The average molecular weight is 379 g/mol. The molecule has 0 heterocycles. The Labute approximate surface area is 145 Å². The van der Waals surface area contributed by atoms with Gasteiger partial charge in [-0.25, -0.2) is 13.2 Å². The van der Waals surface area contributed by atoms with E-state index in [1.54, 1.807) is 13.8 Å². The van der Waals surface area contributed by atoms with Gasteiger partial charge in [0.05, 0.1) is 22.6 Å². The zero-order chi connectivity index (χ0) is 18.5. The van der Waals surface area contributed by atoms with E-state index in [-0.39, 0.29) is 21.5 Å². The van der Waals surface area contributed by atoms with Crippen molar-refractivity contribution in [1.29, 1.82) is 0 Å². The van der Waals surface area contributed by atoms with Crippen LogP contribution in [0.1, 0.15) is 24.2 Å². The smallest absolute Gasteiger partial charge is 0.340 e. The Bertz CT molecular complexity index is 720. The summed E-state index contributed by atoms with van der Waals surface area (Å²) in [5, 5.41) is 2.56. The van der Waals surface area contributed by atoms with Crippen LogP contribution in [0.3, 0.4) is 0 Å². The lowest BCUT2D eigenvalue weighted by Crippen LogP contribution is -2.34. The Kier molecular flexibility index (Phi) is 7.15. The number of nitrogens with one attached hydrogen (secondary N) is 1. The number of nitrogens with zero attached hydrogens (tertiary/aromatic N) is 1. The van der Waals surface area contributed by atoms with E-state index in [0.29, 0.717) is 4.47 Å². The molecular weight excluding hydrogens is 360 g/mol. The molecular formula is C14H19ClN2O6S. The molecule has 24 heavy (non-hydrogen) atoms. The van der Waals surface area contributed by atoms with Gasteiger partial charge in [-0.2, -0.15) is 0 Å². The Hall–Kier alpha value is -1.68.